The molecule has 1 saturated carbocycles. The van der Waals surface area contributed by atoms with E-state index < -0.39 is 0 Å². The lowest BCUT2D eigenvalue weighted by Gasteiger charge is -2.17. The summed E-state index contributed by atoms with van der Waals surface area (Å²) in [5.74, 6) is 0.618. The van der Waals surface area contributed by atoms with Crippen LogP contribution in [-0.4, -0.2) is 41.1 Å². The van der Waals surface area contributed by atoms with Crippen molar-refractivity contribution in [3.05, 3.63) is 53.7 Å². The van der Waals surface area contributed by atoms with Crippen LogP contribution in [0.3, 0.4) is 0 Å². The number of aromatic nitrogens is 2. The summed E-state index contributed by atoms with van der Waals surface area (Å²) < 4.78 is 0. The SMILES string of the molecule is CC(Nc1c(C#N)nnc2cc(-c3cccc(C(=O)N(C)C)c3)ccc12)C1CC1. The molecule has 1 aliphatic rings. The minimum atomic E-state index is -0.0355. The number of carbonyl (C=O) groups excluding carboxylic acids is 1. The van der Waals surface area contributed by atoms with Crippen LogP contribution >= 0.6 is 0 Å². The van der Waals surface area contributed by atoms with Gasteiger partial charge in [-0.1, -0.05) is 18.2 Å². The minimum Gasteiger partial charge on any atom is -0.379 e. The summed E-state index contributed by atoms with van der Waals surface area (Å²) in [5.41, 5.74) is 4.31. The molecule has 0 radical (unpaired) electrons. The van der Waals surface area contributed by atoms with E-state index in [1.165, 1.54) is 12.8 Å². The number of nitrogens with one attached hydrogen (secondary N) is 1. The Balaban J connectivity index is 1.74. The summed E-state index contributed by atoms with van der Waals surface area (Å²) in [6, 6.07) is 15.9. The highest BCUT2D eigenvalue weighted by Crippen LogP contribution is 2.36. The van der Waals surface area contributed by atoms with Gasteiger partial charge in [0.1, 0.15) is 6.07 Å². The van der Waals surface area contributed by atoms with Crippen LogP contribution in [0.25, 0.3) is 22.0 Å². The lowest BCUT2D eigenvalue weighted by atomic mass is 10.0. The zero-order chi connectivity index (χ0) is 20.5. The predicted octanol–water partition coefficient (Wildman–Crippen LogP) is 4.08. The molecule has 0 aliphatic heterocycles. The van der Waals surface area contributed by atoms with Crippen LogP contribution in [0.5, 0.6) is 0 Å². The standard InChI is InChI=1S/C23H23N5O/c1-14(15-7-8-15)25-22-19-10-9-17(12-20(19)26-27-21(22)13-24)16-5-4-6-18(11-16)23(29)28(2)3/h4-6,9-12,14-15H,7-8H2,1-3H3,(H,25,26). The number of amides is 1. The van der Waals surface area contributed by atoms with E-state index in [0.29, 0.717) is 23.2 Å². The summed E-state index contributed by atoms with van der Waals surface area (Å²) >= 11 is 0. The van der Waals surface area contributed by atoms with Gasteiger partial charge in [0.25, 0.3) is 5.91 Å². The molecule has 0 spiro atoms. The molecule has 29 heavy (non-hydrogen) atoms. The van der Waals surface area contributed by atoms with E-state index in [-0.39, 0.29) is 5.91 Å². The van der Waals surface area contributed by atoms with Crippen molar-refractivity contribution in [1.82, 2.24) is 15.1 Å². The Kier molecular flexibility index (Phi) is 4.89. The fourth-order valence-electron chi connectivity index (χ4n) is 3.54. The molecule has 1 aliphatic carbocycles. The van der Waals surface area contributed by atoms with Gasteiger partial charge in [0, 0.05) is 31.1 Å². The molecule has 1 unspecified atom stereocenters. The quantitative estimate of drug-likeness (QED) is 0.716. The Hall–Kier alpha value is -3.46. The fraction of sp³-hybridized carbons (Fsp3) is 0.304. The second-order valence-electron chi connectivity index (χ2n) is 7.82. The molecule has 0 saturated heterocycles. The highest BCUT2D eigenvalue weighted by atomic mass is 16.2. The molecule has 6 heteroatoms. The number of benzene rings is 2. The summed E-state index contributed by atoms with van der Waals surface area (Å²) in [6.07, 6.45) is 2.44. The van der Waals surface area contributed by atoms with E-state index in [0.717, 1.165) is 27.7 Å². The number of hydrogen-bond acceptors (Lipinski definition) is 5. The van der Waals surface area contributed by atoms with Crippen molar-refractivity contribution in [3.63, 3.8) is 0 Å². The first kappa shape index (κ1) is 18.9. The van der Waals surface area contributed by atoms with Crippen molar-refractivity contribution in [2.75, 3.05) is 19.4 Å². The number of anilines is 1. The first-order valence-corrected chi connectivity index (χ1v) is 9.77. The molecule has 1 heterocycles. The number of carbonyl (C=O) groups is 1. The third kappa shape index (κ3) is 3.77. The average Bonchev–Trinajstić information content (AvgIpc) is 3.58. The van der Waals surface area contributed by atoms with Gasteiger partial charge in [0.05, 0.1) is 11.2 Å². The zero-order valence-electron chi connectivity index (χ0n) is 16.8. The number of rotatable bonds is 5. The Morgan fingerprint density at radius 2 is 1.93 bits per heavy atom. The molecular formula is C23H23N5O. The van der Waals surface area contributed by atoms with Gasteiger partial charge < -0.3 is 10.2 Å². The van der Waals surface area contributed by atoms with Gasteiger partial charge in [-0.25, -0.2) is 0 Å². The van der Waals surface area contributed by atoms with Crippen LogP contribution in [-0.2, 0) is 0 Å². The van der Waals surface area contributed by atoms with Crippen molar-refractivity contribution in [1.29, 1.82) is 5.26 Å². The maximum absolute atomic E-state index is 12.3. The van der Waals surface area contributed by atoms with Gasteiger partial charge in [-0.2, -0.15) is 5.26 Å². The van der Waals surface area contributed by atoms with Crippen molar-refractivity contribution >= 4 is 22.5 Å². The summed E-state index contributed by atoms with van der Waals surface area (Å²) in [4.78, 5) is 13.8. The monoisotopic (exact) mass is 385 g/mol. The van der Waals surface area contributed by atoms with Crippen molar-refractivity contribution in [2.24, 2.45) is 5.92 Å². The second-order valence-corrected chi connectivity index (χ2v) is 7.82. The number of hydrogen-bond donors (Lipinski definition) is 1. The maximum atomic E-state index is 12.3. The van der Waals surface area contributed by atoms with Crippen LogP contribution < -0.4 is 5.32 Å². The Morgan fingerprint density at radius 3 is 2.62 bits per heavy atom. The van der Waals surface area contributed by atoms with Gasteiger partial charge in [-0.05, 0) is 61.1 Å². The van der Waals surface area contributed by atoms with Gasteiger partial charge in [0.15, 0.2) is 5.69 Å². The van der Waals surface area contributed by atoms with E-state index >= 15 is 0 Å². The lowest BCUT2D eigenvalue weighted by molar-refractivity contribution is 0.0827. The zero-order valence-corrected chi connectivity index (χ0v) is 16.8. The molecule has 146 valence electrons. The normalized spacial score (nSPS) is 14.3. The lowest BCUT2D eigenvalue weighted by Crippen LogP contribution is -2.21. The van der Waals surface area contributed by atoms with Crippen molar-refractivity contribution < 1.29 is 4.79 Å². The third-order valence-corrected chi connectivity index (χ3v) is 5.42. The second kappa shape index (κ2) is 7.51. The number of nitrogens with zero attached hydrogens (tertiary/aromatic N) is 4. The number of nitriles is 1. The molecular weight excluding hydrogens is 362 g/mol. The first-order chi connectivity index (χ1) is 14.0. The highest BCUT2D eigenvalue weighted by molar-refractivity contribution is 5.97. The van der Waals surface area contributed by atoms with Crippen LogP contribution in [0.4, 0.5) is 5.69 Å². The van der Waals surface area contributed by atoms with E-state index in [4.69, 9.17) is 0 Å². The Morgan fingerprint density at radius 1 is 1.17 bits per heavy atom. The fourth-order valence-corrected chi connectivity index (χ4v) is 3.54. The van der Waals surface area contributed by atoms with Gasteiger partial charge >= 0.3 is 0 Å². The maximum Gasteiger partial charge on any atom is 0.253 e. The van der Waals surface area contributed by atoms with E-state index in [1.54, 1.807) is 19.0 Å². The third-order valence-electron chi connectivity index (χ3n) is 5.42. The van der Waals surface area contributed by atoms with Gasteiger partial charge in [-0.3, -0.25) is 4.79 Å². The van der Waals surface area contributed by atoms with E-state index in [9.17, 15) is 10.1 Å². The highest BCUT2D eigenvalue weighted by Gasteiger charge is 2.29. The van der Waals surface area contributed by atoms with Crippen LogP contribution in [0, 0.1) is 17.2 Å². The summed E-state index contributed by atoms with van der Waals surface area (Å²) in [5, 5.41) is 22.2. The van der Waals surface area contributed by atoms with E-state index in [1.807, 2.05) is 42.5 Å². The molecule has 1 amide bonds. The molecule has 1 aromatic heterocycles. The Bertz CT molecular complexity index is 1130. The molecule has 3 aromatic rings. The predicted molar refractivity (Wildman–Crippen MR) is 114 cm³/mol. The summed E-state index contributed by atoms with van der Waals surface area (Å²) in [6.45, 7) is 2.15. The molecule has 6 nitrogen and oxygen atoms in total. The first-order valence-electron chi connectivity index (χ1n) is 9.77. The number of fused-ring (bicyclic) bond motifs is 1. The van der Waals surface area contributed by atoms with Crippen LogP contribution in [0.1, 0.15) is 35.8 Å². The molecule has 4 rings (SSSR count). The molecule has 2 aromatic carbocycles. The van der Waals surface area contributed by atoms with Gasteiger partial charge in [0.2, 0.25) is 0 Å². The average molecular weight is 385 g/mol. The molecule has 1 atom stereocenters. The molecule has 1 fully saturated rings. The summed E-state index contributed by atoms with van der Waals surface area (Å²) in [7, 11) is 3.48. The van der Waals surface area contributed by atoms with E-state index in [2.05, 4.69) is 28.5 Å². The topological polar surface area (TPSA) is 81.9 Å². The smallest absolute Gasteiger partial charge is 0.253 e. The van der Waals surface area contributed by atoms with Crippen LogP contribution in [0.15, 0.2) is 42.5 Å². The molecule has 1 N–H and O–H groups in total. The van der Waals surface area contributed by atoms with Crippen molar-refractivity contribution in [2.45, 2.75) is 25.8 Å². The van der Waals surface area contributed by atoms with Crippen molar-refractivity contribution in [3.8, 4) is 17.2 Å². The Labute approximate surface area is 170 Å². The van der Waals surface area contributed by atoms with Crippen LogP contribution in [0.2, 0.25) is 0 Å². The molecule has 0 bridgehead atoms. The largest absolute Gasteiger partial charge is 0.379 e. The van der Waals surface area contributed by atoms with Gasteiger partial charge in [-0.15, -0.1) is 10.2 Å². The minimum absolute atomic E-state index is 0.0355.